The molecule has 1 aliphatic carbocycles. The van der Waals surface area contributed by atoms with E-state index in [0.29, 0.717) is 23.8 Å². The standard InChI is InChI=1S/C20H33N6O3P/c1-22-19-17(18(21)25-12-20(13-25)6-3-7-24(2)11-20)9-23-26(19)16-5-4-15(8-16)10-29-14-30(27)28/h9,15-16,21-22H,3-8,10-14H2,1-2H3/p+1. The quantitative estimate of drug-likeness (QED) is 0.341. The Morgan fingerprint density at radius 2 is 2.23 bits per heavy atom. The Kier molecular flexibility index (Phi) is 6.44. The molecule has 3 heterocycles. The number of hydrogen-bond acceptors (Lipinski definition) is 6. The van der Waals surface area contributed by atoms with Crippen LogP contribution in [0.15, 0.2) is 6.20 Å². The molecule has 166 valence electrons. The minimum absolute atomic E-state index is 0.0888. The Hall–Kier alpha value is -1.54. The highest BCUT2D eigenvalue weighted by Crippen LogP contribution is 2.41. The second kappa shape index (κ2) is 8.91. The number of anilines is 1. The van der Waals surface area contributed by atoms with E-state index in [1.54, 1.807) is 0 Å². The second-order valence-electron chi connectivity index (χ2n) is 9.33. The molecule has 3 unspecified atom stereocenters. The maximum absolute atomic E-state index is 10.8. The number of likely N-dealkylation sites (tertiary alicyclic amines) is 2. The van der Waals surface area contributed by atoms with Gasteiger partial charge in [0.25, 0.3) is 6.35 Å². The van der Waals surface area contributed by atoms with Crippen molar-refractivity contribution in [3.8, 4) is 0 Å². The van der Waals surface area contributed by atoms with Gasteiger partial charge in [-0.15, -0.1) is 0 Å². The van der Waals surface area contributed by atoms with Crippen LogP contribution in [0.3, 0.4) is 0 Å². The largest absolute Gasteiger partial charge is 0.534 e. The number of aromatic nitrogens is 2. The maximum atomic E-state index is 10.8. The molecule has 0 aromatic carbocycles. The number of rotatable bonds is 7. The number of ether oxygens (including phenoxy) is 1. The third kappa shape index (κ3) is 4.40. The molecule has 0 amide bonds. The Labute approximate surface area is 179 Å². The second-order valence-corrected chi connectivity index (χ2v) is 10.3. The van der Waals surface area contributed by atoms with E-state index in [0.717, 1.165) is 50.3 Å². The van der Waals surface area contributed by atoms with Crippen molar-refractivity contribution in [2.45, 2.75) is 38.1 Å². The van der Waals surface area contributed by atoms with Crippen LogP contribution in [0, 0.1) is 16.7 Å². The molecule has 0 radical (unpaired) electrons. The molecule has 1 aromatic rings. The molecule has 2 saturated heterocycles. The summed E-state index contributed by atoms with van der Waals surface area (Å²) in [6.45, 7) is 4.74. The SMILES string of the molecule is CNc1c(C(=N)N2CC3(CCCN(C)C3)C2)cnn1C1CCC(COC[P+](=O)O)C1. The first-order valence-electron chi connectivity index (χ1n) is 10.9. The molecule has 3 aliphatic rings. The highest BCUT2D eigenvalue weighted by Gasteiger charge is 2.46. The van der Waals surface area contributed by atoms with Gasteiger partial charge in [-0.2, -0.15) is 9.99 Å². The molecule has 4 rings (SSSR count). The fourth-order valence-electron chi connectivity index (χ4n) is 5.59. The van der Waals surface area contributed by atoms with Crippen LogP contribution in [-0.2, 0) is 9.30 Å². The molecule has 3 N–H and O–H groups in total. The van der Waals surface area contributed by atoms with Crippen LogP contribution in [0.4, 0.5) is 5.82 Å². The molecule has 9 nitrogen and oxygen atoms in total. The van der Waals surface area contributed by atoms with E-state index < -0.39 is 8.03 Å². The van der Waals surface area contributed by atoms with Crippen LogP contribution in [0.25, 0.3) is 0 Å². The summed E-state index contributed by atoms with van der Waals surface area (Å²) >= 11 is 0. The van der Waals surface area contributed by atoms with E-state index in [1.807, 2.05) is 17.9 Å². The molecular formula is C20H34N6O3P+. The van der Waals surface area contributed by atoms with E-state index >= 15 is 0 Å². The van der Waals surface area contributed by atoms with Gasteiger partial charge in [-0.1, -0.05) is 0 Å². The van der Waals surface area contributed by atoms with Crippen molar-refractivity contribution >= 4 is 19.7 Å². The van der Waals surface area contributed by atoms with Crippen LogP contribution in [-0.4, -0.2) is 83.5 Å². The normalized spacial score (nSPS) is 26.6. The molecule has 1 spiro atoms. The summed E-state index contributed by atoms with van der Waals surface area (Å²) in [5.41, 5.74) is 1.22. The molecular weight excluding hydrogens is 403 g/mol. The van der Waals surface area contributed by atoms with Gasteiger partial charge in [0.15, 0.2) is 0 Å². The van der Waals surface area contributed by atoms with Crippen LogP contribution < -0.4 is 5.32 Å². The average Bonchev–Trinajstić information content (AvgIpc) is 3.31. The van der Waals surface area contributed by atoms with Crippen molar-refractivity contribution in [2.75, 3.05) is 58.5 Å². The summed E-state index contributed by atoms with van der Waals surface area (Å²) < 4.78 is 18.2. The minimum atomic E-state index is -2.23. The summed E-state index contributed by atoms with van der Waals surface area (Å²) in [7, 11) is 1.86. The zero-order valence-corrected chi connectivity index (χ0v) is 18.9. The summed E-state index contributed by atoms with van der Waals surface area (Å²) in [6, 6.07) is 0.264. The molecule has 1 aromatic heterocycles. The lowest BCUT2D eigenvalue weighted by Gasteiger charge is -2.55. The fourth-order valence-corrected chi connectivity index (χ4v) is 5.85. The first kappa shape index (κ1) is 21.7. The highest BCUT2D eigenvalue weighted by atomic mass is 31.1. The van der Waals surface area contributed by atoms with Crippen molar-refractivity contribution < 1.29 is 14.2 Å². The highest BCUT2D eigenvalue weighted by molar-refractivity contribution is 7.37. The van der Waals surface area contributed by atoms with Crippen molar-refractivity contribution in [1.82, 2.24) is 19.6 Å². The summed E-state index contributed by atoms with van der Waals surface area (Å²) in [4.78, 5) is 13.5. The van der Waals surface area contributed by atoms with Gasteiger partial charge in [0.05, 0.1) is 24.4 Å². The van der Waals surface area contributed by atoms with Crippen molar-refractivity contribution in [2.24, 2.45) is 11.3 Å². The lowest BCUT2D eigenvalue weighted by molar-refractivity contribution is -0.00870. The molecule has 10 heteroatoms. The summed E-state index contributed by atoms with van der Waals surface area (Å²) in [5.74, 6) is 1.85. The zero-order chi connectivity index (χ0) is 21.3. The molecule has 3 atom stereocenters. The lowest BCUT2D eigenvalue weighted by Crippen LogP contribution is -2.63. The Balaban J connectivity index is 1.37. The third-order valence-electron chi connectivity index (χ3n) is 6.92. The van der Waals surface area contributed by atoms with Gasteiger partial charge in [0.2, 0.25) is 0 Å². The Morgan fingerprint density at radius 1 is 1.43 bits per heavy atom. The number of nitrogens with one attached hydrogen (secondary N) is 2. The smallest absolute Gasteiger partial charge is 0.373 e. The Morgan fingerprint density at radius 3 is 2.93 bits per heavy atom. The predicted octanol–water partition coefficient (Wildman–Crippen LogP) is 2.33. The molecule has 30 heavy (non-hydrogen) atoms. The molecule has 3 fully saturated rings. The first-order chi connectivity index (χ1) is 14.4. The summed E-state index contributed by atoms with van der Waals surface area (Å²) in [5, 5.41) is 16.7. The van der Waals surface area contributed by atoms with Gasteiger partial charge >= 0.3 is 8.03 Å². The van der Waals surface area contributed by atoms with Crippen molar-refractivity contribution in [3.63, 3.8) is 0 Å². The van der Waals surface area contributed by atoms with E-state index in [2.05, 4.69) is 27.3 Å². The topological polar surface area (TPSA) is 107 Å². The molecule has 0 bridgehead atoms. The van der Waals surface area contributed by atoms with Crippen molar-refractivity contribution in [3.05, 3.63) is 11.8 Å². The van der Waals surface area contributed by atoms with Crippen LogP contribution >= 0.6 is 8.03 Å². The van der Waals surface area contributed by atoms with Gasteiger partial charge in [-0.05, 0) is 56.2 Å². The molecule has 2 aliphatic heterocycles. The van der Waals surface area contributed by atoms with E-state index in [-0.39, 0.29) is 12.4 Å². The number of piperidine rings is 1. The van der Waals surface area contributed by atoms with E-state index in [9.17, 15) is 4.57 Å². The lowest BCUT2D eigenvalue weighted by atomic mass is 9.73. The predicted molar refractivity (Wildman–Crippen MR) is 116 cm³/mol. The van der Waals surface area contributed by atoms with Crippen molar-refractivity contribution in [1.29, 1.82) is 5.41 Å². The maximum Gasteiger partial charge on any atom is 0.534 e. The first-order valence-corrected chi connectivity index (χ1v) is 12.3. The Bertz CT molecular complexity index is 794. The number of nitrogens with zero attached hydrogens (tertiary/aromatic N) is 4. The van der Waals surface area contributed by atoms with Crippen LogP contribution in [0.5, 0.6) is 0 Å². The number of amidine groups is 1. The van der Waals surface area contributed by atoms with E-state index in [1.165, 1.54) is 19.4 Å². The van der Waals surface area contributed by atoms with Gasteiger partial charge in [-0.3, -0.25) is 5.41 Å². The zero-order valence-electron chi connectivity index (χ0n) is 18.0. The van der Waals surface area contributed by atoms with Gasteiger partial charge in [0, 0.05) is 32.1 Å². The number of hydrogen-bond donors (Lipinski definition) is 3. The van der Waals surface area contributed by atoms with Crippen LogP contribution in [0.2, 0.25) is 0 Å². The minimum Gasteiger partial charge on any atom is -0.373 e. The molecule has 1 saturated carbocycles. The third-order valence-corrected chi connectivity index (χ3v) is 7.33. The monoisotopic (exact) mass is 437 g/mol. The average molecular weight is 438 g/mol. The summed E-state index contributed by atoms with van der Waals surface area (Å²) in [6.07, 6.45) is 7.20. The van der Waals surface area contributed by atoms with Crippen LogP contribution in [0.1, 0.15) is 43.7 Å². The van der Waals surface area contributed by atoms with Gasteiger partial charge in [-0.25, -0.2) is 4.68 Å². The van der Waals surface area contributed by atoms with Gasteiger partial charge in [0.1, 0.15) is 11.7 Å². The van der Waals surface area contributed by atoms with E-state index in [4.69, 9.17) is 15.0 Å². The fraction of sp³-hybridized carbons (Fsp3) is 0.800. The van der Waals surface area contributed by atoms with Gasteiger partial charge < -0.3 is 19.9 Å².